The Morgan fingerprint density at radius 1 is 1.13 bits per heavy atom. The van der Waals surface area contributed by atoms with Crippen LogP contribution in [0.4, 0.5) is 10.2 Å². The molecule has 3 aromatic rings. The van der Waals surface area contributed by atoms with Crippen LogP contribution in [0.15, 0.2) is 63.1 Å². The molecule has 0 aliphatic rings. The van der Waals surface area contributed by atoms with Crippen LogP contribution in [0.1, 0.15) is 5.56 Å². The monoisotopic (exact) mass is 522 g/mol. The molecule has 3 rings (SSSR count). The van der Waals surface area contributed by atoms with Gasteiger partial charge in [0.15, 0.2) is 0 Å². The van der Waals surface area contributed by atoms with Crippen molar-refractivity contribution < 1.29 is 9.13 Å². The van der Waals surface area contributed by atoms with Gasteiger partial charge in [-0.25, -0.2) is 18.7 Å². The highest BCUT2D eigenvalue weighted by atomic mass is 127. The van der Waals surface area contributed by atoms with E-state index in [1.54, 1.807) is 56.4 Å². The number of nitrogens with zero attached hydrogens (tertiary/aromatic N) is 4. The summed E-state index contributed by atoms with van der Waals surface area (Å²) in [4.78, 5) is 31.8. The van der Waals surface area contributed by atoms with Crippen molar-refractivity contribution >= 4 is 34.7 Å². The Balaban J connectivity index is 2.19. The number of ether oxygens (including phenoxy) is 1. The largest absolute Gasteiger partial charge is 0.497 e. The lowest BCUT2D eigenvalue weighted by molar-refractivity contribution is 0.414. The van der Waals surface area contributed by atoms with Crippen LogP contribution in [0.2, 0.25) is 0 Å². The van der Waals surface area contributed by atoms with Gasteiger partial charge >= 0.3 is 5.69 Å². The highest BCUT2D eigenvalue weighted by Gasteiger charge is 2.16. The molecule has 1 aromatic heterocycles. The molecule has 0 N–H and O–H groups in total. The Bertz CT molecular complexity index is 1200. The first-order valence-electron chi connectivity index (χ1n) is 8.96. The molecule has 0 saturated carbocycles. The topological polar surface area (TPSA) is 68.8 Å². The second-order valence-electron chi connectivity index (χ2n) is 6.70. The molecule has 0 fully saturated rings. The van der Waals surface area contributed by atoms with Gasteiger partial charge in [-0.15, -0.1) is 0 Å². The molecule has 0 atom stereocenters. The number of rotatable bonds is 6. The molecule has 30 heavy (non-hydrogen) atoms. The minimum Gasteiger partial charge on any atom is -0.497 e. The van der Waals surface area contributed by atoms with Crippen molar-refractivity contribution in [2.45, 2.75) is 6.54 Å². The normalized spacial score (nSPS) is 11.1. The van der Waals surface area contributed by atoms with Crippen molar-refractivity contribution in [3.05, 3.63) is 84.3 Å². The van der Waals surface area contributed by atoms with Crippen LogP contribution >= 0.6 is 22.6 Å². The van der Waals surface area contributed by atoms with Crippen LogP contribution in [-0.2, 0) is 6.54 Å². The highest BCUT2D eigenvalue weighted by Crippen LogP contribution is 2.20. The molecule has 9 heteroatoms. The van der Waals surface area contributed by atoms with Gasteiger partial charge in [0.25, 0.3) is 5.56 Å². The molecule has 0 bridgehead atoms. The molecule has 0 unspecified atom stereocenters. The number of aromatic nitrogens is 2. The second-order valence-corrected chi connectivity index (χ2v) is 7.94. The standard InChI is InChI=1S/C21H20FIN4O3/c1-25(2)13-24-19-11-20(28)26(12-14-4-7-16(30-3)8-5-14)21(29)27(19)18-9-6-15(23)10-17(18)22/h4-11,13H,12H2,1-3H3/b24-13+. The molecule has 0 radical (unpaired) electrons. The lowest BCUT2D eigenvalue weighted by atomic mass is 10.2. The molecule has 0 spiro atoms. The summed E-state index contributed by atoms with van der Waals surface area (Å²) in [6.07, 6.45) is 1.45. The van der Waals surface area contributed by atoms with Gasteiger partial charge in [0, 0.05) is 23.7 Å². The average Bonchev–Trinajstić information content (AvgIpc) is 2.71. The van der Waals surface area contributed by atoms with Gasteiger partial charge in [0.1, 0.15) is 17.4 Å². The fraction of sp³-hybridized carbons (Fsp3) is 0.190. The Morgan fingerprint density at radius 3 is 2.43 bits per heavy atom. The summed E-state index contributed by atoms with van der Waals surface area (Å²) in [5, 5.41) is 0. The van der Waals surface area contributed by atoms with Gasteiger partial charge in [-0.1, -0.05) is 12.1 Å². The maximum Gasteiger partial charge on any atom is 0.337 e. The molecule has 0 aliphatic carbocycles. The summed E-state index contributed by atoms with van der Waals surface area (Å²) in [5.41, 5.74) is -0.447. The number of methoxy groups -OCH3 is 1. The van der Waals surface area contributed by atoms with Crippen molar-refractivity contribution in [1.29, 1.82) is 0 Å². The van der Waals surface area contributed by atoms with E-state index < -0.39 is 17.1 Å². The van der Waals surface area contributed by atoms with Crippen molar-refractivity contribution in [3.8, 4) is 11.4 Å². The number of halogens is 2. The number of benzene rings is 2. The zero-order chi connectivity index (χ0) is 21.8. The lowest BCUT2D eigenvalue weighted by Gasteiger charge is -2.14. The van der Waals surface area contributed by atoms with Crippen LogP contribution in [0.3, 0.4) is 0 Å². The van der Waals surface area contributed by atoms with Crippen LogP contribution in [-0.4, -0.2) is 41.6 Å². The average molecular weight is 522 g/mol. The minimum atomic E-state index is -0.677. The first-order chi connectivity index (χ1) is 14.3. The van der Waals surface area contributed by atoms with Crippen molar-refractivity contribution in [2.75, 3.05) is 21.2 Å². The summed E-state index contributed by atoms with van der Waals surface area (Å²) in [7, 11) is 5.06. The summed E-state index contributed by atoms with van der Waals surface area (Å²) < 4.78 is 22.7. The maximum atomic E-state index is 14.7. The number of aliphatic imine (C=N–C) groups is 1. The minimum absolute atomic E-state index is 0.0230. The molecule has 156 valence electrons. The maximum absolute atomic E-state index is 14.7. The van der Waals surface area contributed by atoms with Gasteiger partial charge in [-0.05, 0) is 58.5 Å². The van der Waals surface area contributed by atoms with Gasteiger partial charge in [0.05, 0.1) is 25.7 Å². The summed E-state index contributed by atoms with van der Waals surface area (Å²) in [5.74, 6) is 0.127. The molecule has 2 aromatic carbocycles. The Labute approximate surface area is 186 Å². The Hall–Kier alpha value is -2.95. The molecule has 0 amide bonds. The third kappa shape index (κ3) is 4.78. The van der Waals surface area contributed by atoms with Crippen LogP contribution < -0.4 is 16.0 Å². The van der Waals surface area contributed by atoms with E-state index in [4.69, 9.17) is 4.74 Å². The molecule has 7 nitrogen and oxygen atoms in total. The predicted octanol–water partition coefficient (Wildman–Crippen LogP) is 3.02. The fourth-order valence-corrected chi connectivity index (χ4v) is 3.24. The highest BCUT2D eigenvalue weighted by molar-refractivity contribution is 14.1. The lowest BCUT2D eigenvalue weighted by Crippen LogP contribution is -2.39. The first-order valence-corrected chi connectivity index (χ1v) is 10.0. The zero-order valence-electron chi connectivity index (χ0n) is 16.7. The van der Waals surface area contributed by atoms with Crippen molar-refractivity contribution in [3.63, 3.8) is 0 Å². The summed E-state index contributed by atoms with van der Waals surface area (Å²) >= 11 is 1.99. The Morgan fingerprint density at radius 2 is 1.83 bits per heavy atom. The van der Waals surface area contributed by atoms with Crippen molar-refractivity contribution in [2.24, 2.45) is 4.99 Å². The van der Waals surface area contributed by atoms with Crippen LogP contribution in [0.25, 0.3) is 5.69 Å². The SMILES string of the molecule is COc1ccc(Cn2c(=O)cc(/N=C/N(C)C)n(-c3ccc(I)cc3F)c2=O)cc1. The third-order valence-electron chi connectivity index (χ3n) is 4.24. The van der Waals surface area contributed by atoms with Gasteiger partial charge in [0.2, 0.25) is 0 Å². The number of hydrogen-bond donors (Lipinski definition) is 0. The molecular formula is C21H20FIN4O3. The summed E-state index contributed by atoms with van der Waals surface area (Å²) in [6.45, 7) is 0.0331. The molecule has 0 aliphatic heterocycles. The first kappa shape index (κ1) is 21.8. The van der Waals surface area contributed by atoms with E-state index >= 15 is 0 Å². The number of hydrogen-bond acceptors (Lipinski definition) is 4. The zero-order valence-corrected chi connectivity index (χ0v) is 18.8. The van der Waals surface area contributed by atoms with E-state index in [9.17, 15) is 14.0 Å². The van der Waals surface area contributed by atoms with Gasteiger partial charge < -0.3 is 9.64 Å². The molecule has 0 saturated heterocycles. The van der Waals surface area contributed by atoms with E-state index in [-0.39, 0.29) is 18.1 Å². The van der Waals surface area contributed by atoms with Gasteiger partial charge in [-0.2, -0.15) is 0 Å². The van der Waals surface area contributed by atoms with Gasteiger partial charge in [-0.3, -0.25) is 9.36 Å². The summed E-state index contributed by atoms with van der Waals surface area (Å²) in [6, 6.07) is 12.7. The van der Waals surface area contributed by atoms with E-state index in [2.05, 4.69) is 4.99 Å². The van der Waals surface area contributed by atoms with Crippen LogP contribution in [0.5, 0.6) is 5.75 Å². The van der Waals surface area contributed by atoms with Crippen LogP contribution in [0, 0.1) is 9.39 Å². The van der Waals surface area contributed by atoms with E-state index in [0.29, 0.717) is 9.32 Å². The molecule has 1 heterocycles. The smallest absolute Gasteiger partial charge is 0.337 e. The van der Waals surface area contributed by atoms with E-state index in [0.717, 1.165) is 14.7 Å². The van der Waals surface area contributed by atoms with E-state index in [1.807, 2.05) is 22.6 Å². The fourth-order valence-electron chi connectivity index (χ4n) is 2.78. The van der Waals surface area contributed by atoms with Crippen molar-refractivity contribution in [1.82, 2.24) is 14.0 Å². The molecular weight excluding hydrogens is 502 g/mol. The van der Waals surface area contributed by atoms with E-state index in [1.165, 1.54) is 24.5 Å². The Kier molecular flexibility index (Phi) is 6.70. The second kappa shape index (κ2) is 9.24. The third-order valence-corrected chi connectivity index (χ3v) is 4.91. The predicted molar refractivity (Wildman–Crippen MR) is 123 cm³/mol. The quantitative estimate of drug-likeness (QED) is 0.284.